The van der Waals surface area contributed by atoms with Gasteiger partial charge < -0.3 is 5.32 Å². The van der Waals surface area contributed by atoms with Crippen LogP contribution in [-0.4, -0.2) is 12.3 Å². The van der Waals surface area contributed by atoms with Crippen LogP contribution in [0.5, 0.6) is 0 Å². The van der Waals surface area contributed by atoms with Gasteiger partial charge in [-0.15, -0.1) is 11.8 Å². The van der Waals surface area contributed by atoms with Crippen LogP contribution in [0.2, 0.25) is 0 Å². The first-order valence-corrected chi connectivity index (χ1v) is 8.59. The summed E-state index contributed by atoms with van der Waals surface area (Å²) in [5.74, 6) is 0.903. The molecule has 3 atom stereocenters. The van der Waals surface area contributed by atoms with Gasteiger partial charge in [0.15, 0.2) is 0 Å². The number of anilines is 1. The highest BCUT2D eigenvalue weighted by Gasteiger charge is 2.59. The lowest BCUT2D eigenvalue weighted by Gasteiger charge is -2.43. The first-order chi connectivity index (χ1) is 8.95. The molecular weight excluding hydrogens is 250 g/mol. The molecule has 1 aromatic rings. The highest BCUT2D eigenvalue weighted by molar-refractivity contribution is 7.98. The van der Waals surface area contributed by atoms with E-state index in [2.05, 4.69) is 56.6 Å². The summed E-state index contributed by atoms with van der Waals surface area (Å²) in [6.07, 6.45) is 6.35. The number of hydrogen-bond acceptors (Lipinski definition) is 2. The highest BCUT2D eigenvalue weighted by atomic mass is 32.2. The topological polar surface area (TPSA) is 12.0 Å². The molecule has 2 bridgehead atoms. The van der Waals surface area contributed by atoms with Gasteiger partial charge >= 0.3 is 0 Å². The van der Waals surface area contributed by atoms with E-state index in [1.54, 1.807) is 11.8 Å². The molecule has 0 heterocycles. The summed E-state index contributed by atoms with van der Waals surface area (Å²) < 4.78 is 0. The van der Waals surface area contributed by atoms with Crippen molar-refractivity contribution in [3.63, 3.8) is 0 Å². The van der Waals surface area contributed by atoms with Gasteiger partial charge in [0.25, 0.3) is 0 Å². The van der Waals surface area contributed by atoms with Crippen LogP contribution in [0.25, 0.3) is 0 Å². The Morgan fingerprint density at radius 2 is 1.84 bits per heavy atom. The van der Waals surface area contributed by atoms with Gasteiger partial charge in [-0.25, -0.2) is 0 Å². The minimum absolute atomic E-state index is 0.422. The summed E-state index contributed by atoms with van der Waals surface area (Å²) in [5.41, 5.74) is 2.20. The lowest BCUT2D eigenvalue weighted by atomic mass is 9.68. The minimum Gasteiger partial charge on any atom is -0.381 e. The summed E-state index contributed by atoms with van der Waals surface area (Å²) in [5, 5.41) is 3.85. The molecular formula is C17H25NS. The van der Waals surface area contributed by atoms with E-state index >= 15 is 0 Å². The SMILES string of the molecule is CSc1ccc(NC2C(C)(C)[C@H]3CC[C@]2(C)C3)cc1. The molecule has 1 N–H and O–H groups in total. The standard InChI is InChI=1S/C17H25NS/c1-16(2)12-9-10-17(3,11-12)15(16)18-13-5-7-14(19-4)8-6-13/h5-8,12,15,18H,9-11H2,1-4H3/t12-,15?,17+/m0/s1. The largest absolute Gasteiger partial charge is 0.381 e. The fraction of sp³-hybridized carbons (Fsp3) is 0.647. The van der Waals surface area contributed by atoms with Crippen molar-refractivity contribution >= 4 is 17.4 Å². The van der Waals surface area contributed by atoms with E-state index in [-0.39, 0.29) is 0 Å². The highest BCUT2D eigenvalue weighted by Crippen LogP contribution is 2.63. The normalized spacial score (nSPS) is 35.6. The van der Waals surface area contributed by atoms with Crippen molar-refractivity contribution in [1.29, 1.82) is 0 Å². The predicted octanol–water partition coefficient (Wildman–Crippen LogP) is 5.04. The second-order valence-corrected chi connectivity index (χ2v) is 8.10. The third-order valence-corrected chi connectivity index (χ3v) is 6.41. The number of thioether (sulfide) groups is 1. The fourth-order valence-electron chi connectivity index (χ4n) is 4.52. The van der Waals surface area contributed by atoms with E-state index < -0.39 is 0 Å². The zero-order valence-electron chi connectivity index (χ0n) is 12.5. The summed E-state index contributed by atoms with van der Waals surface area (Å²) in [6, 6.07) is 9.51. The third kappa shape index (κ3) is 2.08. The summed E-state index contributed by atoms with van der Waals surface area (Å²) in [7, 11) is 0. The minimum atomic E-state index is 0.422. The second-order valence-electron chi connectivity index (χ2n) is 7.22. The van der Waals surface area contributed by atoms with Crippen molar-refractivity contribution in [3.8, 4) is 0 Å². The molecule has 2 heteroatoms. The molecule has 2 aliphatic carbocycles. The summed E-state index contributed by atoms with van der Waals surface area (Å²) >= 11 is 1.80. The van der Waals surface area contributed by atoms with Gasteiger partial charge in [0.1, 0.15) is 0 Å². The molecule has 2 saturated carbocycles. The van der Waals surface area contributed by atoms with E-state index in [0.717, 1.165) is 5.92 Å². The molecule has 0 amide bonds. The van der Waals surface area contributed by atoms with Crippen molar-refractivity contribution in [2.24, 2.45) is 16.7 Å². The van der Waals surface area contributed by atoms with Crippen LogP contribution in [0, 0.1) is 16.7 Å². The average molecular weight is 275 g/mol. The number of benzene rings is 1. The maximum atomic E-state index is 3.85. The Hall–Kier alpha value is -0.630. The van der Waals surface area contributed by atoms with Crippen LogP contribution >= 0.6 is 11.8 Å². The molecule has 1 aromatic carbocycles. The first-order valence-electron chi connectivity index (χ1n) is 7.36. The van der Waals surface area contributed by atoms with Crippen LogP contribution in [0.1, 0.15) is 40.0 Å². The van der Waals surface area contributed by atoms with Crippen molar-refractivity contribution in [2.45, 2.75) is 51.0 Å². The second kappa shape index (κ2) is 4.44. The van der Waals surface area contributed by atoms with E-state index in [9.17, 15) is 0 Å². The van der Waals surface area contributed by atoms with Crippen LogP contribution in [-0.2, 0) is 0 Å². The monoisotopic (exact) mass is 275 g/mol. The number of rotatable bonds is 3. The van der Waals surface area contributed by atoms with E-state index in [1.165, 1.54) is 29.8 Å². The van der Waals surface area contributed by atoms with Crippen molar-refractivity contribution in [3.05, 3.63) is 24.3 Å². The Kier molecular flexibility index (Phi) is 3.12. The zero-order valence-corrected chi connectivity index (χ0v) is 13.3. The Bertz CT molecular complexity index is 460. The van der Waals surface area contributed by atoms with Crippen LogP contribution in [0.3, 0.4) is 0 Å². The molecule has 0 radical (unpaired) electrons. The molecule has 1 unspecified atom stereocenters. The van der Waals surface area contributed by atoms with E-state index in [1.807, 2.05) is 0 Å². The third-order valence-electron chi connectivity index (χ3n) is 5.67. The van der Waals surface area contributed by atoms with Crippen LogP contribution in [0.15, 0.2) is 29.2 Å². The zero-order chi connectivity index (χ0) is 13.7. The van der Waals surface area contributed by atoms with Crippen molar-refractivity contribution in [1.82, 2.24) is 0 Å². The Labute approximate surface area is 121 Å². The predicted molar refractivity (Wildman–Crippen MR) is 84.9 cm³/mol. The van der Waals surface area contributed by atoms with E-state index in [4.69, 9.17) is 0 Å². The first kappa shape index (κ1) is 13.4. The molecule has 0 saturated heterocycles. The Balaban J connectivity index is 1.82. The molecule has 3 rings (SSSR count). The molecule has 0 aromatic heterocycles. The maximum absolute atomic E-state index is 3.85. The molecule has 19 heavy (non-hydrogen) atoms. The molecule has 0 spiro atoms. The van der Waals surface area contributed by atoms with Crippen LogP contribution < -0.4 is 5.32 Å². The summed E-state index contributed by atoms with van der Waals surface area (Å²) in [6.45, 7) is 7.39. The van der Waals surface area contributed by atoms with Gasteiger partial charge in [-0.2, -0.15) is 0 Å². The van der Waals surface area contributed by atoms with Gasteiger partial charge in [-0.3, -0.25) is 0 Å². The number of nitrogens with one attached hydrogen (secondary N) is 1. The lowest BCUT2D eigenvalue weighted by Crippen LogP contribution is -2.45. The molecule has 104 valence electrons. The Morgan fingerprint density at radius 1 is 1.16 bits per heavy atom. The van der Waals surface area contributed by atoms with Crippen molar-refractivity contribution < 1.29 is 0 Å². The number of fused-ring (bicyclic) bond motifs is 2. The van der Waals surface area contributed by atoms with E-state index in [0.29, 0.717) is 16.9 Å². The van der Waals surface area contributed by atoms with Gasteiger partial charge in [0.2, 0.25) is 0 Å². The molecule has 2 aliphatic rings. The molecule has 0 aliphatic heterocycles. The van der Waals surface area contributed by atoms with Crippen molar-refractivity contribution in [2.75, 3.05) is 11.6 Å². The van der Waals surface area contributed by atoms with Gasteiger partial charge in [0, 0.05) is 16.6 Å². The summed E-state index contributed by atoms with van der Waals surface area (Å²) in [4.78, 5) is 1.34. The Morgan fingerprint density at radius 3 is 2.37 bits per heavy atom. The number of hydrogen-bond donors (Lipinski definition) is 1. The average Bonchev–Trinajstić information content (AvgIpc) is 2.87. The molecule has 2 fully saturated rings. The fourth-order valence-corrected chi connectivity index (χ4v) is 4.92. The maximum Gasteiger partial charge on any atom is 0.0368 e. The smallest absolute Gasteiger partial charge is 0.0368 e. The van der Waals surface area contributed by atoms with Gasteiger partial charge in [-0.1, -0.05) is 20.8 Å². The van der Waals surface area contributed by atoms with Gasteiger partial charge in [-0.05, 0) is 66.5 Å². The van der Waals surface area contributed by atoms with Crippen LogP contribution in [0.4, 0.5) is 5.69 Å². The quantitative estimate of drug-likeness (QED) is 0.776. The van der Waals surface area contributed by atoms with Gasteiger partial charge in [0.05, 0.1) is 0 Å². The molecule has 1 nitrogen and oxygen atoms in total. The lowest BCUT2D eigenvalue weighted by molar-refractivity contribution is 0.155.